The summed E-state index contributed by atoms with van der Waals surface area (Å²) in [7, 11) is 0. The first-order valence-corrected chi connectivity index (χ1v) is 7.66. The Balaban J connectivity index is 2.08. The average molecular weight is 285 g/mol. The quantitative estimate of drug-likeness (QED) is 0.812. The second-order valence-corrected chi connectivity index (χ2v) is 6.46. The highest BCUT2D eigenvalue weighted by molar-refractivity contribution is 5.17. The van der Waals surface area contributed by atoms with Crippen LogP contribution >= 0.6 is 0 Å². The van der Waals surface area contributed by atoms with Crippen molar-refractivity contribution in [1.82, 2.24) is 9.78 Å². The first-order chi connectivity index (χ1) is 10.00. The SMILES string of the molecule is C=C[C@]1(C)CC[C@@H](C(=C)Cn2cccn2)C[C@H]1C(=C)CN. The third-order valence-corrected chi connectivity index (χ3v) is 5.07. The lowest BCUT2D eigenvalue weighted by Crippen LogP contribution is -2.36. The Bertz CT molecular complexity index is 515. The Labute approximate surface area is 128 Å². The zero-order chi connectivity index (χ0) is 15.5. The number of nitrogens with two attached hydrogens (primary N) is 1. The molecular formula is C18H27N3. The Kier molecular flexibility index (Phi) is 4.84. The minimum Gasteiger partial charge on any atom is -0.327 e. The molecule has 1 aliphatic rings. The maximum absolute atomic E-state index is 5.84. The monoisotopic (exact) mass is 285 g/mol. The van der Waals surface area contributed by atoms with Crippen molar-refractivity contribution in [3.05, 3.63) is 55.4 Å². The molecule has 114 valence electrons. The lowest BCUT2D eigenvalue weighted by Gasteiger charge is -2.44. The highest BCUT2D eigenvalue weighted by Crippen LogP contribution is 2.48. The average Bonchev–Trinajstić information content (AvgIpc) is 2.99. The predicted octanol–water partition coefficient (Wildman–Crippen LogP) is 3.56. The predicted molar refractivity (Wildman–Crippen MR) is 88.7 cm³/mol. The lowest BCUT2D eigenvalue weighted by atomic mass is 9.61. The van der Waals surface area contributed by atoms with Gasteiger partial charge in [0, 0.05) is 18.9 Å². The van der Waals surface area contributed by atoms with Gasteiger partial charge in [0.15, 0.2) is 0 Å². The molecule has 1 fully saturated rings. The third kappa shape index (κ3) is 3.35. The fourth-order valence-corrected chi connectivity index (χ4v) is 3.45. The molecule has 1 aromatic rings. The van der Waals surface area contributed by atoms with E-state index in [0.29, 0.717) is 18.4 Å². The largest absolute Gasteiger partial charge is 0.327 e. The Morgan fingerprint density at radius 2 is 2.24 bits per heavy atom. The van der Waals surface area contributed by atoms with E-state index in [-0.39, 0.29) is 5.41 Å². The van der Waals surface area contributed by atoms with Crippen molar-refractivity contribution in [2.75, 3.05) is 6.54 Å². The molecule has 1 aromatic heterocycles. The van der Waals surface area contributed by atoms with Crippen molar-refractivity contribution in [1.29, 1.82) is 0 Å². The van der Waals surface area contributed by atoms with E-state index in [1.807, 2.05) is 23.1 Å². The maximum Gasteiger partial charge on any atom is 0.0619 e. The number of hydrogen-bond acceptors (Lipinski definition) is 2. The van der Waals surface area contributed by atoms with Crippen molar-refractivity contribution in [3.8, 4) is 0 Å². The highest BCUT2D eigenvalue weighted by atomic mass is 15.3. The van der Waals surface area contributed by atoms with Gasteiger partial charge in [-0.1, -0.05) is 37.3 Å². The van der Waals surface area contributed by atoms with Gasteiger partial charge in [0.1, 0.15) is 0 Å². The molecule has 1 heterocycles. The molecular weight excluding hydrogens is 258 g/mol. The molecule has 2 rings (SSSR count). The van der Waals surface area contributed by atoms with Crippen LogP contribution in [-0.2, 0) is 6.54 Å². The summed E-state index contributed by atoms with van der Waals surface area (Å²) >= 11 is 0. The number of aromatic nitrogens is 2. The molecule has 1 aliphatic carbocycles. The number of allylic oxidation sites excluding steroid dienone is 2. The molecule has 0 radical (unpaired) electrons. The Morgan fingerprint density at radius 1 is 1.48 bits per heavy atom. The molecule has 3 heteroatoms. The van der Waals surface area contributed by atoms with E-state index in [1.165, 1.54) is 5.57 Å². The van der Waals surface area contributed by atoms with E-state index in [1.54, 1.807) is 0 Å². The number of hydrogen-bond donors (Lipinski definition) is 1. The standard InChI is InChI=1S/C18H27N3/c1-5-18(4)8-7-16(11-17(18)14(2)12-19)15(3)13-21-10-6-9-20-21/h5-6,9-10,16-17H,1-3,7-8,11-13,19H2,4H3/t16-,17+,18-/m1/s1. The first kappa shape index (κ1) is 15.8. The summed E-state index contributed by atoms with van der Waals surface area (Å²) in [4.78, 5) is 0. The zero-order valence-electron chi connectivity index (χ0n) is 13.1. The molecule has 2 N–H and O–H groups in total. The van der Waals surface area contributed by atoms with Gasteiger partial charge in [-0.2, -0.15) is 5.10 Å². The van der Waals surface area contributed by atoms with Crippen molar-refractivity contribution in [2.24, 2.45) is 23.0 Å². The van der Waals surface area contributed by atoms with E-state index < -0.39 is 0 Å². The van der Waals surface area contributed by atoms with Gasteiger partial charge in [0.25, 0.3) is 0 Å². The number of nitrogens with zero attached hydrogens (tertiary/aromatic N) is 2. The summed E-state index contributed by atoms with van der Waals surface area (Å²) in [5.74, 6) is 0.906. The van der Waals surface area contributed by atoms with Crippen LogP contribution in [0.5, 0.6) is 0 Å². The van der Waals surface area contributed by atoms with Crippen LogP contribution in [0.15, 0.2) is 55.4 Å². The molecule has 0 spiro atoms. The van der Waals surface area contributed by atoms with Crippen LogP contribution in [0.25, 0.3) is 0 Å². The van der Waals surface area contributed by atoms with E-state index >= 15 is 0 Å². The van der Waals surface area contributed by atoms with Crippen LogP contribution in [-0.4, -0.2) is 16.3 Å². The van der Waals surface area contributed by atoms with Crippen molar-refractivity contribution in [3.63, 3.8) is 0 Å². The van der Waals surface area contributed by atoms with Gasteiger partial charge in [-0.05, 0) is 42.6 Å². The second kappa shape index (κ2) is 6.44. The van der Waals surface area contributed by atoms with Crippen LogP contribution in [0.4, 0.5) is 0 Å². The van der Waals surface area contributed by atoms with Gasteiger partial charge in [-0.25, -0.2) is 0 Å². The molecule has 21 heavy (non-hydrogen) atoms. The summed E-state index contributed by atoms with van der Waals surface area (Å²) in [5.41, 5.74) is 8.33. The number of rotatable bonds is 6. The highest BCUT2D eigenvalue weighted by Gasteiger charge is 2.39. The molecule has 0 unspecified atom stereocenters. The molecule has 0 aliphatic heterocycles. The van der Waals surface area contributed by atoms with Crippen LogP contribution in [0, 0.1) is 17.3 Å². The molecule has 0 aromatic carbocycles. The van der Waals surface area contributed by atoms with Crippen molar-refractivity contribution >= 4 is 0 Å². The van der Waals surface area contributed by atoms with Gasteiger partial charge < -0.3 is 5.73 Å². The van der Waals surface area contributed by atoms with Crippen molar-refractivity contribution < 1.29 is 0 Å². The van der Waals surface area contributed by atoms with Crippen molar-refractivity contribution in [2.45, 2.75) is 32.7 Å². The summed E-state index contributed by atoms with van der Waals surface area (Å²) in [6.45, 7) is 16.1. The topological polar surface area (TPSA) is 43.8 Å². The normalized spacial score (nSPS) is 29.0. The summed E-state index contributed by atoms with van der Waals surface area (Å²) in [5, 5.41) is 4.27. The summed E-state index contributed by atoms with van der Waals surface area (Å²) < 4.78 is 1.94. The van der Waals surface area contributed by atoms with Gasteiger partial charge in [0.2, 0.25) is 0 Å². The minimum atomic E-state index is 0.110. The summed E-state index contributed by atoms with van der Waals surface area (Å²) in [6.07, 6.45) is 9.21. The van der Waals surface area contributed by atoms with Gasteiger partial charge >= 0.3 is 0 Å². The van der Waals surface area contributed by atoms with Gasteiger partial charge in [-0.15, -0.1) is 6.58 Å². The summed E-state index contributed by atoms with van der Waals surface area (Å²) in [6, 6.07) is 1.95. The second-order valence-electron chi connectivity index (χ2n) is 6.46. The minimum absolute atomic E-state index is 0.110. The molecule has 0 saturated heterocycles. The third-order valence-electron chi connectivity index (χ3n) is 5.07. The van der Waals surface area contributed by atoms with E-state index in [9.17, 15) is 0 Å². The Hall–Kier alpha value is -1.61. The van der Waals surface area contributed by atoms with Crippen LogP contribution in [0.2, 0.25) is 0 Å². The molecule has 3 nitrogen and oxygen atoms in total. The fraction of sp³-hybridized carbons (Fsp3) is 0.500. The lowest BCUT2D eigenvalue weighted by molar-refractivity contribution is 0.166. The van der Waals surface area contributed by atoms with Gasteiger partial charge in [0.05, 0.1) is 6.54 Å². The maximum atomic E-state index is 5.84. The fourth-order valence-electron chi connectivity index (χ4n) is 3.45. The van der Waals surface area contributed by atoms with Crippen LogP contribution < -0.4 is 5.73 Å². The van der Waals surface area contributed by atoms with Crippen LogP contribution in [0.3, 0.4) is 0 Å². The zero-order valence-corrected chi connectivity index (χ0v) is 13.1. The van der Waals surface area contributed by atoms with E-state index in [2.05, 4.69) is 37.8 Å². The van der Waals surface area contributed by atoms with Gasteiger partial charge in [-0.3, -0.25) is 4.68 Å². The smallest absolute Gasteiger partial charge is 0.0619 e. The molecule has 0 bridgehead atoms. The van der Waals surface area contributed by atoms with E-state index in [0.717, 1.165) is 31.4 Å². The molecule has 0 amide bonds. The molecule has 1 saturated carbocycles. The van der Waals surface area contributed by atoms with Crippen LogP contribution in [0.1, 0.15) is 26.2 Å². The molecule has 3 atom stereocenters. The van der Waals surface area contributed by atoms with E-state index in [4.69, 9.17) is 5.73 Å². The first-order valence-electron chi connectivity index (χ1n) is 7.66. The Morgan fingerprint density at radius 3 is 2.81 bits per heavy atom.